The minimum absolute atomic E-state index is 0.240. The van der Waals surface area contributed by atoms with Gasteiger partial charge in [0.05, 0.1) is 13.2 Å². The summed E-state index contributed by atoms with van der Waals surface area (Å²) < 4.78 is 10.3. The molecular formula is C21H26O4Si. The molecule has 0 aliphatic rings. The highest BCUT2D eigenvalue weighted by Gasteiger charge is 2.41. The molecule has 138 valence electrons. The fraction of sp³-hybridized carbons (Fsp3) is 0.333. The van der Waals surface area contributed by atoms with Gasteiger partial charge in [0.25, 0.3) is 0 Å². The maximum absolute atomic E-state index is 12.5. The van der Waals surface area contributed by atoms with Gasteiger partial charge in [0.1, 0.15) is 8.07 Å². The van der Waals surface area contributed by atoms with Gasteiger partial charge in [-0.15, -0.1) is 0 Å². The second-order valence-electron chi connectivity index (χ2n) is 6.32. The van der Waals surface area contributed by atoms with Crippen molar-refractivity contribution >= 4 is 30.4 Å². The molecule has 0 bridgehead atoms. The Labute approximate surface area is 156 Å². The Bertz CT molecular complexity index is 658. The number of rotatable bonds is 8. The summed E-state index contributed by atoms with van der Waals surface area (Å²) >= 11 is 0. The van der Waals surface area contributed by atoms with Crippen LogP contribution in [-0.2, 0) is 19.1 Å². The van der Waals surface area contributed by atoms with Gasteiger partial charge in [-0.3, -0.25) is 9.59 Å². The van der Waals surface area contributed by atoms with Crippen LogP contribution < -0.4 is 10.4 Å². The summed E-state index contributed by atoms with van der Waals surface area (Å²) in [5.41, 5.74) is 0. The molecule has 4 nitrogen and oxygen atoms in total. The molecule has 0 radical (unpaired) electrons. The summed E-state index contributed by atoms with van der Waals surface area (Å²) in [5.74, 6) is -1.92. The van der Waals surface area contributed by atoms with E-state index >= 15 is 0 Å². The summed E-state index contributed by atoms with van der Waals surface area (Å²) in [4.78, 5) is 25.0. The fourth-order valence-corrected chi connectivity index (χ4v) is 6.98. The average molecular weight is 371 g/mol. The number of ether oxygens (including phenoxy) is 2. The minimum Gasteiger partial charge on any atom is -0.465 e. The molecule has 0 aliphatic carbocycles. The van der Waals surface area contributed by atoms with Gasteiger partial charge in [-0.1, -0.05) is 77.6 Å². The van der Waals surface area contributed by atoms with Gasteiger partial charge >= 0.3 is 11.9 Å². The summed E-state index contributed by atoms with van der Waals surface area (Å²) in [6.45, 7) is 6.15. The summed E-state index contributed by atoms with van der Waals surface area (Å²) in [7, 11) is -2.35. The van der Waals surface area contributed by atoms with E-state index < -0.39 is 25.9 Å². The molecule has 0 atom stereocenters. The molecule has 0 aromatic heterocycles. The Kier molecular flexibility index (Phi) is 7.15. The highest BCUT2D eigenvalue weighted by Crippen LogP contribution is 2.21. The maximum Gasteiger partial charge on any atom is 0.320 e. The van der Waals surface area contributed by atoms with E-state index in [1.807, 2.05) is 36.4 Å². The van der Waals surface area contributed by atoms with E-state index in [0.29, 0.717) is 6.04 Å². The molecule has 2 aromatic rings. The van der Waals surface area contributed by atoms with E-state index in [9.17, 15) is 9.59 Å². The molecule has 0 saturated heterocycles. The van der Waals surface area contributed by atoms with Gasteiger partial charge in [0.15, 0.2) is 5.92 Å². The molecular weight excluding hydrogens is 344 g/mol. The molecule has 0 unspecified atom stereocenters. The lowest BCUT2D eigenvalue weighted by Crippen LogP contribution is -2.58. The number of hydrogen-bond acceptors (Lipinski definition) is 4. The van der Waals surface area contributed by atoms with Crippen molar-refractivity contribution in [2.45, 2.75) is 26.4 Å². The first kappa shape index (κ1) is 19.9. The van der Waals surface area contributed by atoms with E-state index in [1.165, 1.54) is 10.4 Å². The van der Waals surface area contributed by atoms with Crippen LogP contribution in [0.5, 0.6) is 0 Å². The Hall–Kier alpha value is -2.40. The van der Waals surface area contributed by atoms with Crippen LogP contribution in [-0.4, -0.2) is 33.2 Å². The van der Waals surface area contributed by atoms with Crippen molar-refractivity contribution in [2.75, 3.05) is 13.2 Å². The highest BCUT2D eigenvalue weighted by atomic mass is 28.3. The highest BCUT2D eigenvalue weighted by molar-refractivity contribution is 7.01. The average Bonchev–Trinajstić information content (AvgIpc) is 2.67. The van der Waals surface area contributed by atoms with Crippen molar-refractivity contribution in [2.24, 2.45) is 5.92 Å². The molecule has 0 spiro atoms. The van der Waals surface area contributed by atoms with Crippen LogP contribution in [0.4, 0.5) is 0 Å². The first-order valence-corrected chi connectivity index (χ1v) is 11.7. The fourth-order valence-electron chi connectivity index (χ4n) is 3.17. The van der Waals surface area contributed by atoms with Crippen LogP contribution >= 0.6 is 0 Å². The lowest BCUT2D eigenvalue weighted by molar-refractivity contribution is -0.160. The SMILES string of the molecule is CCOC(=O)C(C[Si](C)(c1ccccc1)c1ccccc1)C(=O)OCC. The molecule has 0 saturated carbocycles. The third-order valence-electron chi connectivity index (χ3n) is 4.58. The van der Waals surface area contributed by atoms with Crippen molar-refractivity contribution < 1.29 is 19.1 Å². The van der Waals surface area contributed by atoms with Gasteiger partial charge in [-0.25, -0.2) is 0 Å². The maximum atomic E-state index is 12.5. The second kappa shape index (κ2) is 9.34. The molecule has 0 N–H and O–H groups in total. The van der Waals surface area contributed by atoms with Crippen LogP contribution in [0.2, 0.25) is 12.6 Å². The van der Waals surface area contributed by atoms with Crippen LogP contribution in [0.15, 0.2) is 60.7 Å². The van der Waals surface area contributed by atoms with Crippen LogP contribution in [0.1, 0.15) is 13.8 Å². The molecule has 5 heteroatoms. The third kappa shape index (κ3) is 4.61. The van der Waals surface area contributed by atoms with Crippen molar-refractivity contribution in [1.29, 1.82) is 0 Å². The van der Waals surface area contributed by atoms with Gasteiger partial charge in [-0.05, 0) is 19.9 Å². The monoisotopic (exact) mass is 370 g/mol. The Morgan fingerprint density at radius 1 is 0.808 bits per heavy atom. The van der Waals surface area contributed by atoms with Crippen molar-refractivity contribution in [3.8, 4) is 0 Å². The minimum atomic E-state index is -2.35. The lowest BCUT2D eigenvalue weighted by atomic mass is 10.2. The zero-order valence-electron chi connectivity index (χ0n) is 15.6. The predicted octanol–water partition coefficient (Wildman–Crippen LogP) is 2.62. The molecule has 0 heterocycles. The molecule has 2 rings (SSSR count). The zero-order chi connectivity index (χ0) is 19.0. The third-order valence-corrected chi connectivity index (χ3v) is 9.02. The topological polar surface area (TPSA) is 52.6 Å². The van der Waals surface area contributed by atoms with Crippen LogP contribution in [0, 0.1) is 5.92 Å². The first-order valence-electron chi connectivity index (χ1n) is 8.97. The second-order valence-corrected chi connectivity index (χ2v) is 10.6. The van der Waals surface area contributed by atoms with Crippen LogP contribution in [0.25, 0.3) is 0 Å². The number of carbonyl (C=O) groups is 2. The summed E-state index contributed by atoms with van der Waals surface area (Å²) in [6.07, 6.45) is 0. The Morgan fingerprint density at radius 2 is 1.19 bits per heavy atom. The van der Waals surface area contributed by atoms with Crippen molar-refractivity contribution in [3.63, 3.8) is 0 Å². The van der Waals surface area contributed by atoms with E-state index in [2.05, 4.69) is 30.8 Å². The summed E-state index contributed by atoms with van der Waals surface area (Å²) in [6, 6.07) is 20.6. The normalized spacial score (nSPS) is 11.2. The Balaban J connectivity index is 2.47. The molecule has 0 aliphatic heterocycles. The lowest BCUT2D eigenvalue weighted by Gasteiger charge is -2.31. The van der Waals surface area contributed by atoms with Crippen molar-refractivity contribution in [1.82, 2.24) is 0 Å². The Morgan fingerprint density at radius 3 is 1.54 bits per heavy atom. The quantitative estimate of drug-likeness (QED) is 0.407. The molecule has 0 amide bonds. The van der Waals surface area contributed by atoms with E-state index in [0.717, 1.165) is 0 Å². The largest absolute Gasteiger partial charge is 0.465 e. The summed E-state index contributed by atoms with van der Waals surface area (Å²) in [5, 5.41) is 2.34. The van der Waals surface area contributed by atoms with Gasteiger partial charge in [-0.2, -0.15) is 0 Å². The van der Waals surface area contributed by atoms with E-state index in [-0.39, 0.29) is 13.2 Å². The smallest absolute Gasteiger partial charge is 0.320 e. The van der Waals surface area contributed by atoms with E-state index in [1.54, 1.807) is 13.8 Å². The number of esters is 2. The number of hydrogen-bond donors (Lipinski definition) is 0. The molecule has 0 fully saturated rings. The van der Waals surface area contributed by atoms with Gasteiger partial charge in [0, 0.05) is 0 Å². The predicted molar refractivity (Wildman–Crippen MR) is 105 cm³/mol. The molecule has 2 aromatic carbocycles. The van der Waals surface area contributed by atoms with Gasteiger partial charge in [0.2, 0.25) is 0 Å². The first-order chi connectivity index (χ1) is 12.5. The number of carbonyl (C=O) groups excluding carboxylic acids is 2. The van der Waals surface area contributed by atoms with Gasteiger partial charge < -0.3 is 9.47 Å². The zero-order valence-corrected chi connectivity index (χ0v) is 16.6. The van der Waals surface area contributed by atoms with Crippen molar-refractivity contribution in [3.05, 3.63) is 60.7 Å². The number of benzene rings is 2. The van der Waals surface area contributed by atoms with Crippen LogP contribution in [0.3, 0.4) is 0 Å². The standard InChI is InChI=1S/C21H26O4Si/c1-4-24-20(22)19(21(23)25-5-2)16-26(3,17-12-8-6-9-13-17)18-14-10-7-11-15-18/h6-15,19H,4-5,16H2,1-3H3. The van der Waals surface area contributed by atoms with E-state index in [4.69, 9.17) is 9.47 Å². The molecule has 26 heavy (non-hydrogen) atoms.